The maximum Gasteiger partial charge on any atom is 0.311 e. The van der Waals surface area contributed by atoms with Crippen molar-refractivity contribution < 1.29 is 14.8 Å². The molecule has 1 aromatic heterocycles. The van der Waals surface area contributed by atoms with E-state index in [-0.39, 0.29) is 17.3 Å². The van der Waals surface area contributed by atoms with E-state index in [1.807, 2.05) is 0 Å². The smallest absolute Gasteiger partial charge is 0.311 e. The summed E-state index contributed by atoms with van der Waals surface area (Å²) < 4.78 is 5.58. The number of hydrogen-bond acceptors (Lipinski definition) is 5. The highest BCUT2D eigenvalue weighted by atomic mass is 16.6. The van der Waals surface area contributed by atoms with Gasteiger partial charge in [0.25, 0.3) is 0 Å². The third-order valence-electron chi connectivity index (χ3n) is 2.84. The van der Waals surface area contributed by atoms with Crippen molar-refractivity contribution in [1.82, 2.24) is 4.98 Å². The number of aromatic nitrogens is 1. The van der Waals surface area contributed by atoms with Gasteiger partial charge in [0, 0.05) is 17.8 Å². The second-order valence-corrected chi connectivity index (χ2v) is 4.36. The summed E-state index contributed by atoms with van der Waals surface area (Å²) in [5.74, 6) is 0.304. The molecule has 0 radical (unpaired) electrons. The van der Waals surface area contributed by atoms with Gasteiger partial charge in [-0.15, -0.1) is 0 Å². The van der Waals surface area contributed by atoms with E-state index in [9.17, 15) is 15.2 Å². The molecule has 0 bridgehead atoms. The van der Waals surface area contributed by atoms with Crippen molar-refractivity contribution >= 4 is 5.69 Å². The zero-order valence-electron chi connectivity index (χ0n) is 11.1. The number of benzene rings is 1. The summed E-state index contributed by atoms with van der Waals surface area (Å²) in [4.78, 5) is 14.6. The number of aryl methyl sites for hydroxylation is 1. The van der Waals surface area contributed by atoms with Crippen molar-refractivity contribution in [3.05, 3.63) is 57.8 Å². The Morgan fingerprint density at radius 3 is 2.75 bits per heavy atom. The Hall–Kier alpha value is -2.47. The van der Waals surface area contributed by atoms with Crippen LogP contribution < -0.4 is 4.74 Å². The van der Waals surface area contributed by atoms with E-state index in [4.69, 9.17) is 4.74 Å². The molecule has 0 amide bonds. The lowest BCUT2D eigenvalue weighted by Crippen LogP contribution is -2.01. The number of nitrogens with zero attached hydrogens (tertiary/aromatic N) is 2. The first-order valence-corrected chi connectivity index (χ1v) is 6.05. The predicted molar refractivity (Wildman–Crippen MR) is 72.8 cm³/mol. The Bertz CT molecular complexity index is 641. The molecule has 0 aliphatic carbocycles. The van der Waals surface area contributed by atoms with Crippen molar-refractivity contribution in [2.45, 2.75) is 20.0 Å². The average molecular weight is 274 g/mol. The van der Waals surface area contributed by atoms with Gasteiger partial charge < -0.3 is 9.84 Å². The second-order valence-electron chi connectivity index (χ2n) is 4.36. The number of hydrogen-bond donors (Lipinski definition) is 1. The molecular weight excluding hydrogens is 260 g/mol. The molecule has 0 aliphatic rings. The third kappa shape index (κ3) is 2.75. The van der Waals surface area contributed by atoms with E-state index in [1.165, 1.54) is 12.3 Å². The van der Waals surface area contributed by atoms with E-state index in [0.717, 1.165) is 0 Å². The molecule has 1 N–H and O–H groups in total. The molecule has 2 aromatic rings. The number of nitro groups is 1. The summed E-state index contributed by atoms with van der Waals surface area (Å²) in [5, 5.41) is 20.7. The summed E-state index contributed by atoms with van der Waals surface area (Å²) in [6.45, 7) is 3.30. The second kappa shape index (κ2) is 5.66. The molecule has 1 aromatic carbocycles. The molecule has 1 atom stereocenters. The molecule has 0 fully saturated rings. The summed E-state index contributed by atoms with van der Waals surface area (Å²) in [5.41, 5.74) is 0.971. The van der Waals surface area contributed by atoms with Gasteiger partial charge in [-0.1, -0.05) is 12.1 Å². The van der Waals surface area contributed by atoms with Crippen LogP contribution >= 0.6 is 0 Å². The molecule has 1 heterocycles. The first-order chi connectivity index (χ1) is 9.50. The summed E-state index contributed by atoms with van der Waals surface area (Å²) in [7, 11) is 0. The van der Waals surface area contributed by atoms with Gasteiger partial charge in [-0.25, -0.2) is 4.98 Å². The number of nitro benzene ring substituents is 1. The molecular formula is C14H14N2O4. The molecule has 0 aliphatic heterocycles. The van der Waals surface area contributed by atoms with Crippen LogP contribution in [0.4, 0.5) is 5.69 Å². The molecule has 104 valence electrons. The fourth-order valence-electron chi connectivity index (χ4n) is 1.82. The van der Waals surface area contributed by atoms with Crippen LogP contribution in [0.3, 0.4) is 0 Å². The number of ether oxygens (including phenoxy) is 1. The minimum Gasteiger partial charge on any atom is -0.431 e. The van der Waals surface area contributed by atoms with Crippen molar-refractivity contribution in [3.8, 4) is 11.6 Å². The lowest BCUT2D eigenvalue weighted by molar-refractivity contribution is -0.385. The van der Waals surface area contributed by atoms with Gasteiger partial charge in [0.05, 0.1) is 11.0 Å². The minimum absolute atomic E-state index is 0.132. The minimum atomic E-state index is -0.776. The third-order valence-corrected chi connectivity index (χ3v) is 2.84. The number of aliphatic hydroxyl groups excluding tert-OH is 1. The van der Waals surface area contributed by atoms with Crippen LogP contribution in [0.5, 0.6) is 11.6 Å². The highest BCUT2D eigenvalue weighted by Gasteiger charge is 2.20. The molecule has 20 heavy (non-hydrogen) atoms. The first kappa shape index (κ1) is 14.0. The molecule has 6 heteroatoms. The Balaban J connectivity index is 2.48. The Labute approximate surface area is 115 Å². The monoisotopic (exact) mass is 274 g/mol. The number of pyridine rings is 1. The van der Waals surface area contributed by atoms with Gasteiger partial charge >= 0.3 is 5.69 Å². The van der Waals surface area contributed by atoms with Crippen LogP contribution in [0.1, 0.15) is 24.2 Å². The van der Waals surface area contributed by atoms with Crippen molar-refractivity contribution in [1.29, 1.82) is 0 Å². The lowest BCUT2D eigenvalue weighted by atomic mass is 10.1. The maximum absolute atomic E-state index is 11.0. The predicted octanol–water partition coefficient (Wildman–Crippen LogP) is 3.14. The largest absolute Gasteiger partial charge is 0.431 e. The van der Waals surface area contributed by atoms with Gasteiger partial charge in [-0.05, 0) is 31.5 Å². The molecule has 0 saturated carbocycles. The summed E-state index contributed by atoms with van der Waals surface area (Å²) in [6, 6.07) is 8.01. The molecule has 0 saturated heterocycles. The van der Waals surface area contributed by atoms with Crippen molar-refractivity contribution in [3.63, 3.8) is 0 Å². The molecule has 0 unspecified atom stereocenters. The van der Waals surface area contributed by atoms with E-state index in [1.54, 1.807) is 38.1 Å². The number of para-hydroxylation sites is 1. The van der Waals surface area contributed by atoms with Crippen LogP contribution in [0, 0.1) is 17.0 Å². The number of aliphatic hydroxyl groups is 1. The molecule has 0 spiro atoms. The van der Waals surface area contributed by atoms with E-state index < -0.39 is 11.0 Å². The van der Waals surface area contributed by atoms with Crippen molar-refractivity contribution in [2.24, 2.45) is 0 Å². The number of rotatable bonds is 4. The van der Waals surface area contributed by atoms with E-state index in [0.29, 0.717) is 11.1 Å². The fourth-order valence-corrected chi connectivity index (χ4v) is 1.82. The average Bonchev–Trinajstić information content (AvgIpc) is 2.41. The molecule has 2 rings (SSSR count). The quantitative estimate of drug-likeness (QED) is 0.683. The summed E-state index contributed by atoms with van der Waals surface area (Å²) >= 11 is 0. The Morgan fingerprint density at radius 1 is 1.35 bits per heavy atom. The van der Waals surface area contributed by atoms with Crippen LogP contribution in [0.15, 0.2) is 36.5 Å². The van der Waals surface area contributed by atoms with Crippen LogP contribution in [-0.2, 0) is 0 Å². The molecule has 6 nitrogen and oxygen atoms in total. The lowest BCUT2D eigenvalue weighted by Gasteiger charge is -2.13. The van der Waals surface area contributed by atoms with Gasteiger partial charge in [-0.2, -0.15) is 0 Å². The van der Waals surface area contributed by atoms with Gasteiger partial charge in [-0.3, -0.25) is 10.1 Å². The zero-order valence-corrected chi connectivity index (χ0v) is 11.1. The van der Waals surface area contributed by atoms with Crippen molar-refractivity contribution in [2.75, 3.05) is 0 Å². The van der Waals surface area contributed by atoms with Crippen LogP contribution in [-0.4, -0.2) is 15.0 Å². The highest BCUT2D eigenvalue weighted by molar-refractivity contribution is 5.53. The Morgan fingerprint density at radius 2 is 2.10 bits per heavy atom. The van der Waals surface area contributed by atoms with Gasteiger partial charge in [0.15, 0.2) is 0 Å². The van der Waals surface area contributed by atoms with Crippen LogP contribution in [0.25, 0.3) is 0 Å². The highest BCUT2D eigenvalue weighted by Crippen LogP contribution is 2.35. The van der Waals surface area contributed by atoms with E-state index >= 15 is 0 Å². The Kier molecular flexibility index (Phi) is 3.95. The zero-order chi connectivity index (χ0) is 14.7. The topological polar surface area (TPSA) is 85.5 Å². The first-order valence-electron chi connectivity index (χ1n) is 6.05. The van der Waals surface area contributed by atoms with E-state index in [2.05, 4.69) is 4.98 Å². The van der Waals surface area contributed by atoms with Gasteiger partial charge in [0.2, 0.25) is 11.6 Å². The van der Waals surface area contributed by atoms with Gasteiger partial charge in [0.1, 0.15) is 0 Å². The van der Waals surface area contributed by atoms with Crippen LogP contribution in [0.2, 0.25) is 0 Å². The fraction of sp³-hybridized carbons (Fsp3) is 0.214. The SMILES string of the molecule is Cc1cccc([N+](=O)[O-])c1Oc1ncccc1[C@H](C)O. The normalized spacial score (nSPS) is 11.9. The standard InChI is InChI=1S/C14H14N2O4/c1-9-5-3-7-12(16(18)19)13(9)20-14-11(10(2)17)6-4-8-15-14/h3-8,10,17H,1-2H3/t10-/m0/s1. The summed E-state index contributed by atoms with van der Waals surface area (Å²) in [6.07, 6.45) is 0.729. The maximum atomic E-state index is 11.0.